The minimum absolute atomic E-state index is 0.332. The molecule has 18 heavy (non-hydrogen) atoms. The monoisotopic (exact) mass is 287 g/mol. The Morgan fingerprint density at radius 3 is 3.11 bits per heavy atom. The number of carbonyl (C=O) groups is 2. The van der Waals surface area contributed by atoms with E-state index in [1.807, 2.05) is 5.38 Å². The molecule has 1 aliphatic heterocycles. The summed E-state index contributed by atoms with van der Waals surface area (Å²) in [6.07, 6.45) is 0. The Labute approximate surface area is 112 Å². The highest BCUT2D eigenvalue weighted by atomic mass is 32.2. The van der Waals surface area contributed by atoms with Crippen LogP contribution in [0.3, 0.4) is 0 Å². The molecule has 1 aromatic rings. The minimum Gasteiger partial charge on any atom is -0.480 e. The number of carboxylic acids is 1. The van der Waals surface area contributed by atoms with E-state index >= 15 is 0 Å². The standard InChI is InChI=1S/C10H13N3O3S2/c14-9(15)8-5-17-2-1-13(8)10(16)11-3-7-4-18-6-12-7/h4,6,8H,1-3,5H2,(H,11,16)(H,14,15). The summed E-state index contributed by atoms with van der Waals surface area (Å²) in [7, 11) is 0. The molecule has 2 amide bonds. The molecule has 1 aromatic heterocycles. The molecule has 1 unspecified atom stereocenters. The third-order valence-corrected chi connectivity index (χ3v) is 4.24. The van der Waals surface area contributed by atoms with E-state index in [1.54, 1.807) is 17.3 Å². The molecule has 1 atom stereocenters. The average Bonchev–Trinajstić information content (AvgIpc) is 2.89. The van der Waals surface area contributed by atoms with Gasteiger partial charge in [0.05, 0.1) is 17.7 Å². The van der Waals surface area contributed by atoms with Crippen LogP contribution in [0.25, 0.3) is 0 Å². The van der Waals surface area contributed by atoms with Crippen LogP contribution in [0.15, 0.2) is 10.9 Å². The number of hydrogen-bond acceptors (Lipinski definition) is 5. The van der Waals surface area contributed by atoms with Gasteiger partial charge < -0.3 is 15.3 Å². The highest BCUT2D eigenvalue weighted by molar-refractivity contribution is 7.99. The molecule has 1 aliphatic rings. The maximum Gasteiger partial charge on any atom is 0.327 e. The van der Waals surface area contributed by atoms with Gasteiger partial charge in [-0.3, -0.25) is 0 Å². The van der Waals surface area contributed by atoms with E-state index in [4.69, 9.17) is 5.11 Å². The predicted molar refractivity (Wildman–Crippen MR) is 69.8 cm³/mol. The maximum atomic E-state index is 11.9. The van der Waals surface area contributed by atoms with Crippen LogP contribution in [0.1, 0.15) is 5.69 Å². The SMILES string of the molecule is O=C(O)C1CSCCN1C(=O)NCc1cscn1. The predicted octanol–water partition coefficient (Wildman–Crippen LogP) is 0.855. The van der Waals surface area contributed by atoms with Crippen LogP contribution in [0.4, 0.5) is 4.79 Å². The van der Waals surface area contributed by atoms with Crippen molar-refractivity contribution in [2.45, 2.75) is 12.6 Å². The smallest absolute Gasteiger partial charge is 0.327 e. The molecule has 1 saturated heterocycles. The van der Waals surface area contributed by atoms with Gasteiger partial charge in [0.15, 0.2) is 0 Å². The molecule has 2 rings (SSSR count). The number of urea groups is 1. The summed E-state index contributed by atoms with van der Waals surface area (Å²) in [5, 5.41) is 13.6. The van der Waals surface area contributed by atoms with E-state index in [2.05, 4.69) is 10.3 Å². The minimum atomic E-state index is -0.953. The zero-order chi connectivity index (χ0) is 13.0. The van der Waals surface area contributed by atoms with Gasteiger partial charge in [-0.15, -0.1) is 11.3 Å². The quantitative estimate of drug-likeness (QED) is 0.861. The van der Waals surface area contributed by atoms with E-state index in [9.17, 15) is 9.59 Å². The molecule has 98 valence electrons. The summed E-state index contributed by atoms with van der Waals surface area (Å²) >= 11 is 3.01. The number of thiazole rings is 1. The second-order valence-electron chi connectivity index (χ2n) is 3.76. The lowest BCUT2D eigenvalue weighted by Crippen LogP contribution is -2.53. The Bertz CT molecular complexity index is 424. The second kappa shape index (κ2) is 6.05. The first-order chi connectivity index (χ1) is 8.68. The van der Waals surface area contributed by atoms with Crippen LogP contribution >= 0.6 is 23.1 Å². The van der Waals surface area contributed by atoms with E-state index in [1.165, 1.54) is 16.2 Å². The summed E-state index contributed by atoms with van der Waals surface area (Å²) in [6, 6.07) is -1.07. The molecular weight excluding hydrogens is 274 g/mol. The zero-order valence-electron chi connectivity index (χ0n) is 9.54. The van der Waals surface area contributed by atoms with Crippen LogP contribution in [0, 0.1) is 0 Å². The molecular formula is C10H13N3O3S2. The van der Waals surface area contributed by atoms with Gasteiger partial charge in [-0.1, -0.05) is 0 Å². The van der Waals surface area contributed by atoms with Crippen molar-refractivity contribution in [3.63, 3.8) is 0 Å². The summed E-state index contributed by atoms with van der Waals surface area (Å²) in [4.78, 5) is 28.4. The van der Waals surface area contributed by atoms with Crippen LogP contribution in [0.5, 0.6) is 0 Å². The van der Waals surface area contributed by atoms with Crippen molar-refractivity contribution in [2.24, 2.45) is 0 Å². The second-order valence-corrected chi connectivity index (χ2v) is 5.63. The Hall–Kier alpha value is -1.28. The Balaban J connectivity index is 1.92. The Morgan fingerprint density at radius 2 is 2.44 bits per heavy atom. The van der Waals surface area contributed by atoms with Crippen LogP contribution in [0.2, 0.25) is 0 Å². The van der Waals surface area contributed by atoms with Crippen molar-refractivity contribution in [1.82, 2.24) is 15.2 Å². The molecule has 0 radical (unpaired) electrons. The van der Waals surface area contributed by atoms with E-state index < -0.39 is 12.0 Å². The first kappa shape index (κ1) is 13.2. The summed E-state index contributed by atoms with van der Waals surface area (Å²) in [5.41, 5.74) is 2.48. The van der Waals surface area contributed by atoms with Gasteiger partial charge >= 0.3 is 12.0 Å². The van der Waals surface area contributed by atoms with E-state index in [0.717, 1.165) is 11.4 Å². The number of thioether (sulfide) groups is 1. The van der Waals surface area contributed by atoms with E-state index in [0.29, 0.717) is 18.8 Å². The van der Waals surface area contributed by atoms with Gasteiger partial charge in [-0.05, 0) is 0 Å². The summed E-state index contributed by atoms with van der Waals surface area (Å²) < 4.78 is 0. The average molecular weight is 287 g/mol. The van der Waals surface area contributed by atoms with Crippen molar-refractivity contribution >= 4 is 35.1 Å². The molecule has 2 heterocycles. The number of aromatic nitrogens is 1. The highest BCUT2D eigenvalue weighted by Gasteiger charge is 2.32. The molecule has 6 nitrogen and oxygen atoms in total. The van der Waals surface area contributed by atoms with Gasteiger partial charge in [0.2, 0.25) is 0 Å². The Morgan fingerprint density at radius 1 is 1.61 bits per heavy atom. The fourth-order valence-corrected chi connectivity index (χ4v) is 3.24. The number of hydrogen-bond donors (Lipinski definition) is 2. The van der Waals surface area contributed by atoms with Crippen molar-refractivity contribution in [3.8, 4) is 0 Å². The molecule has 2 N–H and O–H groups in total. The van der Waals surface area contributed by atoms with Crippen LogP contribution in [-0.2, 0) is 11.3 Å². The Kier molecular flexibility index (Phi) is 4.43. The van der Waals surface area contributed by atoms with Gasteiger partial charge in [-0.2, -0.15) is 11.8 Å². The lowest BCUT2D eigenvalue weighted by molar-refractivity contribution is -0.141. The number of nitrogens with zero attached hydrogens (tertiary/aromatic N) is 2. The van der Waals surface area contributed by atoms with E-state index in [-0.39, 0.29) is 6.03 Å². The maximum absolute atomic E-state index is 11.9. The summed E-state index contributed by atoms with van der Waals surface area (Å²) in [6.45, 7) is 0.794. The van der Waals surface area contributed by atoms with Crippen molar-refractivity contribution in [1.29, 1.82) is 0 Å². The van der Waals surface area contributed by atoms with Crippen LogP contribution < -0.4 is 5.32 Å². The largest absolute Gasteiger partial charge is 0.480 e. The normalized spacial score (nSPS) is 19.6. The van der Waals surface area contributed by atoms with Crippen molar-refractivity contribution < 1.29 is 14.7 Å². The third-order valence-electron chi connectivity index (χ3n) is 2.58. The first-order valence-electron chi connectivity index (χ1n) is 5.40. The number of rotatable bonds is 3. The topological polar surface area (TPSA) is 82.5 Å². The third kappa shape index (κ3) is 3.14. The van der Waals surface area contributed by atoms with Crippen molar-refractivity contribution in [3.05, 3.63) is 16.6 Å². The molecule has 0 bridgehead atoms. The van der Waals surface area contributed by atoms with Crippen molar-refractivity contribution in [2.75, 3.05) is 18.1 Å². The van der Waals surface area contributed by atoms with Gasteiger partial charge in [0.25, 0.3) is 0 Å². The molecule has 0 spiro atoms. The highest BCUT2D eigenvalue weighted by Crippen LogP contribution is 2.16. The fourth-order valence-electron chi connectivity index (χ4n) is 1.64. The molecule has 0 aromatic carbocycles. The molecule has 8 heteroatoms. The number of aliphatic carboxylic acids is 1. The van der Waals surface area contributed by atoms with Gasteiger partial charge in [0, 0.05) is 23.4 Å². The lowest BCUT2D eigenvalue weighted by atomic mass is 10.3. The number of carboxylic acid groups (broad SMARTS) is 1. The number of carbonyl (C=O) groups excluding carboxylic acids is 1. The number of nitrogens with one attached hydrogen (secondary N) is 1. The van der Waals surface area contributed by atoms with Gasteiger partial charge in [-0.25, -0.2) is 14.6 Å². The molecule has 1 fully saturated rings. The molecule has 0 aliphatic carbocycles. The van der Waals surface area contributed by atoms with Gasteiger partial charge in [0.1, 0.15) is 6.04 Å². The fraction of sp³-hybridized carbons (Fsp3) is 0.500. The van der Waals surface area contributed by atoms with Crippen LogP contribution in [-0.4, -0.2) is 51.1 Å². The summed E-state index contributed by atoms with van der Waals surface area (Å²) in [5.74, 6) is 0.263. The lowest BCUT2D eigenvalue weighted by Gasteiger charge is -2.32. The number of amides is 2. The first-order valence-corrected chi connectivity index (χ1v) is 7.50. The molecule has 0 saturated carbocycles. The zero-order valence-corrected chi connectivity index (χ0v) is 11.2.